The monoisotopic (exact) mass is 345 g/mol. The molecular weight excluding hydrogens is 324 g/mol. The standard InChI is InChI=1S/C21H21N4O/c1-4-19(16-15-17(2)26-3)24-22-21(18-11-7-5-8-12-18)23-25(24)20-13-9-6-10-14-20/h4-16H,2H2,1,3H3/q+1/b16-15-,19-4+. The van der Waals surface area contributed by atoms with Crippen molar-refractivity contribution < 1.29 is 9.53 Å². The second kappa shape index (κ2) is 8.07. The van der Waals surface area contributed by atoms with Crippen molar-refractivity contribution in [2.24, 2.45) is 0 Å². The lowest BCUT2D eigenvalue weighted by molar-refractivity contribution is -0.719. The molecule has 3 rings (SSSR count). The van der Waals surface area contributed by atoms with E-state index in [-0.39, 0.29) is 0 Å². The Morgan fingerprint density at radius 3 is 2.31 bits per heavy atom. The fraction of sp³-hybridized carbons (Fsp3) is 0.0952. The van der Waals surface area contributed by atoms with Crippen molar-refractivity contribution in [1.29, 1.82) is 0 Å². The van der Waals surface area contributed by atoms with Crippen molar-refractivity contribution in [2.45, 2.75) is 6.92 Å². The van der Waals surface area contributed by atoms with Gasteiger partial charge in [0.05, 0.1) is 17.8 Å². The molecule has 0 amide bonds. The van der Waals surface area contributed by atoms with Crippen molar-refractivity contribution >= 4 is 5.70 Å². The van der Waals surface area contributed by atoms with Gasteiger partial charge in [-0.15, -0.1) is 0 Å². The van der Waals surface area contributed by atoms with Crippen molar-refractivity contribution in [3.63, 3.8) is 0 Å². The van der Waals surface area contributed by atoms with Crippen LogP contribution >= 0.6 is 0 Å². The Labute approximate surface area is 153 Å². The first kappa shape index (κ1) is 17.4. The first-order valence-corrected chi connectivity index (χ1v) is 8.31. The number of ether oxygens (including phenoxy) is 1. The van der Waals surface area contributed by atoms with E-state index < -0.39 is 0 Å². The maximum atomic E-state index is 5.11. The third-order valence-corrected chi connectivity index (χ3v) is 3.81. The minimum absolute atomic E-state index is 0.569. The maximum Gasteiger partial charge on any atom is 0.340 e. The number of allylic oxidation sites excluding steroid dienone is 4. The third kappa shape index (κ3) is 3.78. The van der Waals surface area contributed by atoms with Crippen molar-refractivity contribution in [3.05, 3.63) is 91.2 Å². The van der Waals surface area contributed by atoms with Crippen LogP contribution in [0.15, 0.2) is 91.2 Å². The Morgan fingerprint density at radius 2 is 1.69 bits per heavy atom. The molecule has 0 unspecified atom stereocenters. The molecule has 0 aliphatic heterocycles. The van der Waals surface area contributed by atoms with Crippen LogP contribution in [0.4, 0.5) is 0 Å². The number of methoxy groups -OCH3 is 1. The highest BCUT2D eigenvalue weighted by molar-refractivity contribution is 5.54. The first-order chi connectivity index (χ1) is 12.7. The summed E-state index contributed by atoms with van der Waals surface area (Å²) in [4.78, 5) is 3.54. The van der Waals surface area contributed by atoms with Crippen LogP contribution in [0.1, 0.15) is 6.92 Å². The van der Waals surface area contributed by atoms with Gasteiger partial charge < -0.3 is 4.74 Å². The molecule has 0 saturated heterocycles. The predicted octanol–water partition coefficient (Wildman–Crippen LogP) is 3.80. The fourth-order valence-electron chi connectivity index (χ4n) is 2.41. The summed E-state index contributed by atoms with van der Waals surface area (Å²) in [6, 6.07) is 19.8. The summed E-state index contributed by atoms with van der Waals surface area (Å²) in [6.07, 6.45) is 5.66. The average molecular weight is 345 g/mol. The van der Waals surface area contributed by atoms with Gasteiger partial charge in [0.15, 0.2) is 5.70 Å². The number of nitrogens with zero attached hydrogens (tertiary/aromatic N) is 4. The highest BCUT2D eigenvalue weighted by Crippen LogP contribution is 2.14. The number of para-hydroxylation sites is 1. The molecule has 1 aromatic heterocycles. The van der Waals surface area contributed by atoms with E-state index in [9.17, 15) is 0 Å². The Bertz CT molecular complexity index is 941. The lowest BCUT2D eigenvalue weighted by Gasteiger charge is -2.00. The molecule has 0 aliphatic carbocycles. The van der Waals surface area contributed by atoms with E-state index >= 15 is 0 Å². The molecule has 1 heterocycles. The summed E-state index contributed by atoms with van der Waals surface area (Å²) in [5, 5.41) is 9.42. The zero-order chi connectivity index (χ0) is 18.4. The number of benzene rings is 2. The SMILES string of the molecule is C=C(/C=C\C(=C/C)[n+]1nc(-c2ccccc2)nn1-c1ccccc1)OC. The van der Waals surface area contributed by atoms with Gasteiger partial charge in [-0.3, -0.25) is 0 Å². The van der Waals surface area contributed by atoms with Crippen LogP contribution in [0.25, 0.3) is 22.8 Å². The van der Waals surface area contributed by atoms with Crippen LogP contribution < -0.4 is 4.80 Å². The molecule has 0 bridgehead atoms. The second-order valence-corrected chi connectivity index (χ2v) is 5.52. The highest BCUT2D eigenvalue weighted by atomic mass is 16.5. The van der Waals surface area contributed by atoms with Crippen molar-refractivity contribution in [2.75, 3.05) is 7.11 Å². The number of hydrogen-bond acceptors (Lipinski definition) is 3. The molecule has 5 heteroatoms. The van der Waals surface area contributed by atoms with Crippen LogP contribution in [0.3, 0.4) is 0 Å². The van der Waals surface area contributed by atoms with E-state index in [1.807, 2.05) is 79.7 Å². The number of aromatic nitrogens is 4. The van der Waals surface area contributed by atoms with E-state index in [2.05, 4.69) is 6.58 Å². The van der Waals surface area contributed by atoms with Gasteiger partial charge >= 0.3 is 5.82 Å². The van der Waals surface area contributed by atoms with Gasteiger partial charge in [0.2, 0.25) is 0 Å². The Kier molecular flexibility index (Phi) is 5.39. The third-order valence-electron chi connectivity index (χ3n) is 3.81. The molecule has 0 radical (unpaired) electrons. The van der Waals surface area contributed by atoms with E-state index in [4.69, 9.17) is 14.9 Å². The molecule has 0 fully saturated rings. The minimum atomic E-state index is 0.569. The minimum Gasteiger partial charge on any atom is -0.497 e. The van der Waals surface area contributed by atoms with Crippen LogP contribution in [0, 0.1) is 0 Å². The van der Waals surface area contributed by atoms with Crippen LogP contribution in [0.5, 0.6) is 0 Å². The van der Waals surface area contributed by atoms with E-state index in [1.165, 1.54) is 0 Å². The highest BCUT2D eigenvalue weighted by Gasteiger charge is 2.23. The van der Waals surface area contributed by atoms with Gasteiger partial charge in [0.25, 0.3) is 0 Å². The molecule has 130 valence electrons. The number of tetrazole rings is 1. The van der Waals surface area contributed by atoms with Crippen LogP contribution in [-0.2, 0) is 4.74 Å². The second-order valence-electron chi connectivity index (χ2n) is 5.52. The molecule has 0 atom stereocenters. The average Bonchev–Trinajstić information content (AvgIpc) is 3.15. The smallest absolute Gasteiger partial charge is 0.340 e. The zero-order valence-electron chi connectivity index (χ0n) is 14.9. The number of rotatable bonds is 6. The molecule has 0 N–H and O–H groups in total. The van der Waals surface area contributed by atoms with Crippen molar-refractivity contribution in [3.8, 4) is 17.1 Å². The summed E-state index contributed by atoms with van der Waals surface area (Å²) in [6.45, 7) is 5.77. The zero-order valence-corrected chi connectivity index (χ0v) is 14.9. The molecule has 0 saturated carbocycles. The summed E-state index contributed by atoms with van der Waals surface area (Å²) in [5.74, 6) is 1.21. The lowest BCUT2D eigenvalue weighted by Crippen LogP contribution is -2.43. The quantitative estimate of drug-likeness (QED) is 0.388. The van der Waals surface area contributed by atoms with Gasteiger partial charge in [0.1, 0.15) is 11.4 Å². The molecular formula is C21H21N4O+. The predicted molar refractivity (Wildman–Crippen MR) is 102 cm³/mol. The van der Waals surface area contributed by atoms with Gasteiger partial charge in [-0.05, 0) is 59.3 Å². The van der Waals surface area contributed by atoms with Crippen LogP contribution in [-0.4, -0.2) is 22.1 Å². The van der Waals surface area contributed by atoms with E-state index in [0.29, 0.717) is 11.6 Å². The topological polar surface area (TPSA) is 43.8 Å². The fourth-order valence-corrected chi connectivity index (χ4v) is 2.41. The van der Waals surface area contributed by atoms with Gasteiger partial charge in [-0.25, -0.2) is 0 Å². The Balaban J connectivity index is 2.12. The lowest BCUT2D eigenvalue weighted by atomic mass is 10.2. The molecule has 0 aliphatic rings. The molecule has 3 aromatic rings. The molecule has 2 aromatic carbocycles. The molecule has 0 spiro atoms. The largest absolute Gasteiger partial charge is 0.497 e. The summed E-state index contributed by atoms with van der Waals surface area (Å²) >= 11 is 0. The summed E-state index contributed by atoms with van der Waals surface area (Å²) < 4.78 is 5.11. The molecule has 5 nitrogen and oxygen atoms in total. The van der Waals surface area contributed by atoms with Gasteiger partial charge in [0, 0.05) is 4.80 Å². The summed E-state index contributed by atoms with van der Waals surface area (Å²) in [7, 11) is 1.59. The summed E-state index contributed by atoms with van der Waals surface area (Å²) in [5.41, 5.74) is 2.72. The van der Waals surface area contributed by atoms with Crippen LogP contribution in [0.2, 0.25) is 0 Å². The van der Waals surface area contributed by atoms with E-state index in [0.717, 1.165) is 16.9 Å². The van der Waals surface area contributed by atoms with E-state index in [1.54, 1.807) is 22.8 Å². The number of hydrogen-bond donors (Lipinski definition) is 0. The van der Waals surface area contributed by atoms with Gasteiger partial charge in [-0.2, -0.15) is 0 Å². The van der Waals surface area contributed by atoms with Gasteiger partial charge in [-0.1, -0.05) is 43.0 Å². The first-order valence-electron chi connectivity index (χ1n) is 8.31. The molecule has 26 heavy (non-hydrogen) atoms. The Hall–Kier alpha value is -3.47. The van der Waals surface area contributed by atoms with Crippen molar-refractivity contribution in [1.82, 2.24) is 15.0 Å². The normalized spacial score (nSPS) is 11.7. The Morgan fingerprint density at radius 1 is 1.04 bits per heavy atom. The maximum absolute atomic E-state index is 5.11.